The van der Waals surface area contributed by atoms with Crippen molar-refractivity contribution in [3.8, 4) is 17.6 Å². The molecule has 2 aromatic rings. The number of carbonyl (C=O) groups excluding carboxylic acids is 1. The summed E-state index contributed by atoms with van der Waals surface area (Å²) < 4.78 is 4.94. The van der Waals surface area contributed by atoms with E-state index < -0.39 is 5.78 Å². The molecule has 6 heteroatoms. The molecule has 0 saturated heterocycles. The number of phenols is 1. The van der Waals surface area contributed by atoms with Crippen molar-refractivity contribution in [2.75, 3.05) is 7.11 Å². The van der Waals surface area contributed by atoms with Gasteiger partial charge in [-0.25, -0.2) is 0 Å². The van der Waals surface area contributed by atoms with Crippen LogP contribution >= 0.6 is 23.2 Å². The van der Waals surface area contributed by atoms with Crippen LogP contribution < -0.4 is 4.74 Å². The number of halogens is 2. The zero-order valence-corrected chi connectivity index (χ0v) is 13.5. The molecule has 2 aromatic carbocycles. The minimum atomic E-state index is -0.507. The van der Waals surface area contributed by atoms with Crippen molar-refractivity contribution in [2.45, 2.75) is 0 Å². The molecule has 4 nitrogen and oxygen atoms in total. The van der Waals surface area contributed by atoms with Crippen LogP contribution in [0.2, 0.25) is 10.0 Å². The van der Waals surface area contributed by atoms with Crippen LogP contribution in [0.1, 0.15) is 15.9 Å². The van der Waals surface area contributed by atoms with Gasteiger partial charge in [0.15, 0.2) is 11.5 Å². The highest BCUT2D eigenvalue weighted by atomic mass is 35.5. The first-order valence-corrected chi connectivity index (χ1v) is 7.20. The number of ether oxygens (including phenoxy) is 1. The molecule has 0 radical (unpaired) electrons. The molecule has 0 bridgehead atoms. The first-order chi connectivity index (χ1) is 10.9. The zero-order chi connectivity index (χ0) is 17.0. The van der Waals surface area contributed by atoms with Crippen LogP contribution in [0, 0.1) is 11.3 Å². The highest BCUT2D eigenvalue weighted by molar-refractivity contribution is 6.35. The number of ketones is 1. The van der Waals surface area contributed by atoms with E-state index in [0.717, 1.165) is 0 Å². The zero-order valence-electron chi connectivity index (χ0n) is 12.0. The highest BCUT2D eigenvalue weighted by Crippen LogP contribution is 2.28. The summed E-state index contributed by atoms with van der Waals surface area (Å²) in [6, 6.07) is 10.8. The lowest BCUT2D eigenvalue weighted by atomic mass is 10.0. The van der Waals surface area contributed by atoms with Crippen LogP contribution in [0.5, 0.6) is 11.5 Å². The Labute approximate surface area is 143 Å². The first-order valence-electron chi connectivity index (χ1n) is 6.44. The fourth-order valence-corrected chi connectivity index (χ4v) is 2.48. The van der Waals surface area contributed by atoms with E-state index in [9.17, 15) is 15.2 Å². The third-order valence-corrected chi connectivity index (χ3v) is 3.44. The molecule has 0 heterocycles. The quantitative estimate of drug-likeness (QED) is 0.502. The van der Waals surface area contributed by atoms with Gasteiger partial charge in [0.05, 0.1) is 7.11 Å². The molecule has 23 heavy (non-hydrogen) atoms. The lowest BCUT2D eigenvalue weighted by Gasteiger charge is -2.05. The maximum Gasteiger partial charge on any atom is 0.203 e. The second-order valence-electron chi connectivity index (χ2n) is 4.59. The number of nitriles is 1. The summed E-state index contributed by atoms with van der Waals surface area (Å²) in [4.78, 5) is 12.4. The summed E-state index contributed by atoms with van der Waals surface area (Å²) in [6.07, 6.45) is 1.37. The number of hydrogen-bond donors (Lipinski definition) is 1. The van der Waals surface area contributed by atoms with Crippen molar-refractivity contribution in [1.29, 1.82) is 5.26 Å². The molecule has 0 saturated carbocycles. The van der Waals surface area contributed by atoms with Gasteiger partial charge in [-0.15, -0.1) is 0 Å². The Morgan fingerprint density at radius 2 is 1.87 bits per heavy atom. The highest BCUT2D eigenvalue weighted by Gasteiger charge is 2.14. The molecule has 1 N–H and O–H groups in total. The number of phenolic OH excluding ortho intramolecular Hbond substituents is 1. The largest absolute Gasteiger partial charge is 0.504 e. The maximum atomic E-state index is 12.4. The summed E-state index contributed by atoms with van der Waals surface area (Å²) in [7, 11) is 1.43. The molecule has 0 aliphatic carbocycles. The van der Waals surface area contributed by atoms with Gasteiger partial charge in [0.25, 0.3) is 0 Å². The number of methoxy groups -OCH3 is 1. The van der Waals surface area contributed by atoms with Crippen molar-refractivity contribution in [3.63, 3.8) is 0 Å². The minimum Gasteiger partial charge on any atom is -0.504 e. The molecule has 0 amide bonds. The second kappa shape index (κ2) is 7.19. The van der Waals surface area contributed by atoms with Gasteiger partial charge >= 0.3 is 0 Å². The van der Waals surface area contributed by atoms with E-state index in [0.29, 0.717) is 21.4 Å². The second-order valence-corrected chi connectivity index (χ2v) is 5.46. The van der Waals surface area contributed by atoms with Gasteiger partial charge in [-0.3, -0.25) is 4.79 Å². The minimum absolute atomic E-state index is 0.0863. The van der Waals surface area contributed by atoms with Crippen molar-refractivity contribution in [1.82, 2.24) is 0 Å². The van der Waals surface area contributed by atoms with Gasteiger partial charge in [-0.1, -0.05) is 29.3 Å². The lowest BCUT2D eigenvalue weighted by molar-refractivity contribution is 0.104. The molecular formula is C17H11Cl2NO3. The number of rotatable bonds is 4. The smallest absolute Gasteiger partial charge is 0.203 e. The SMILES string of the molecule is COc1ccc(/C=C(\C#N)C(=O)c2cc(Cl)cc(Cl)c2)cc1O. The third kappa shape index (κ3) is 4.04. The Balaban J connectivity index is 2.40. The molecule has 0 spiro atoms. The fourth-order valence-electron chi connectivity index (χ4n) is 1.95. The number of hydrogen-bond acceptors (Lipinski definition) is 4. The van der Waals surface area contributed by atoms with Gasteiger partial charge < -0.3 is 9.84 Å². The van der Waals surface area contributed by atoms with Crippen LogP contribution in [0.25, 0.3) is 6.08 Å². The van der Waals surface area contributed by atoms with Crippen molar-refractivity contribution in [2.24, 2.45) is 0 Å². The standard InChI is InChI=1S/C17H11Cl2NO3/c1-23-16-3-2-10(5-15(16)21)4-12(9-20)17(22)11-6-13(18)8-14(19)7-11/h2-8,21H,1H3/b12-4+. The number of nitrogens with zero attached hydrogens (tertiary/aromatic N) is 1. The van der Waals surface area contributed by atoms with Gasteiger partial charge in [0, 0.05) is 15.6 Å². The number of carbonyl (C=O) groups is 1. The van der Waals surface area contributed by atoms with Crippen molar-refractivity contribution >= 4 is 35.1 Å². The van der Waals surface area contributed by atoms with Crippen molar-refractivity contribution < 1.29 is 14.6 Å². The van der Waals surface area contributed by atoms with E-state index in [1.807, 2.05) is 6.07 Å². The Morgan fingerprint density at radius 3 is 2.39 bits per heavy atom. The summed E-state index contributed by atoms with van der Waals surface area (Å²) in [6.45, 7) is 0. The average Bonchev–Trinajstić information content (AvgIpc) is 2.51. The van der Waals surface area contributed by atoms with E-state index in [1.165, 1.54) is 43.5 Å². The topological polar surface area (TPSA) is 70.3 Å². The van der Waals surface area contributed by atoms with E-state index in [-0.39, 0.29) is 16.9 Å². The first kappa shape index (κ1) is 16.9. The van der Waals surface area contributed by atoms with E-state index in [1.54, 1.807) is 6.07 Å². The summed E-state index contributed by atoms with van der Waals surface area (Å²) in [5, 5.41) is 19.6. The molecule has 0 aliphatic rings. The summed E-state index contributed by atoms with van der Waals surface area (Å²) in [5.74, 6) is -0.294. The van der Waals surface area contributed by atoms with E-state index in [4.69, 9.17) is 27.9 Å². The normalized spacial score (nSPS) is 11.0. The van der Waals surface area contributed by atoms with Crippen LogP contribution in [-0.2, 0) is 0 Å². The average molecular weight is 348 g/mol. The predicted molar refractivity (Wildman–Crippen MR) is 89.0 cm³/mol. The fraction of sp³-hybridized carbons (Fsp3) is 0.0588. The van der Waals surface area contributed by atoms with Gasteiger partial charge in [-0.2, -0.15) is 5.26 Å². The van der Waals surface area contributed by atoms with Crippen LogP contribution in [-0.4, -0.2) is 18.0 Å². The Kier molecular flexibility index (Phi) is 5.28. The van der Waals surface area contributed by atoms with Crippen LogP contribution in [0.15, 0.2) is 42.0 Å². The third-order valence-electron chi connectivity index (χ3n) is 3.00. The van der Waals surface area contributed by atoms with Crippen molar-refractivity contribution in [3.05, 3.63) is 63.1 Å². The molecule has 2 rings (SSSR count). The molecule has 116 valence electrons. The van der Waals surface area contributed by atoms with E-state index in [2.05, 4.69) is 0 Å². The Hall–Kier alpha value is -2.48. The van der Waals surface area contributed by atoms with Gasteiger partial charge in [-0.05, 0) is 42.0 Å². The summed E-state index contributed by atoms with van der Waals surface area (Å²) >= 11 is 11.7. The van der Waals surface area contributed by atoms with Gasteiger partial charge in [0.2, 0.25) is 5.78 Å². The molecule has 0 fully saturated rings. The Bertz CT molecular complexity index is 818. The predicted octanol–water partition coefficient (Wildman–Crippen LogP) is 4.50. The van der Waals surface area contributed by atoms with Crippen LogP contribution in [0.4, 0.5) is 0 Å². The maximum absolute atomic E-state index is 12.4. The molecule has 0 aliphatic heterocycles. The Morgan fingerprint density at radius 1 is 1.22 bits per heavy atom. The summed E-state index contributed by atoms with van der Waals surface area (Å²) in [5.41, 5.74) is 0.599. The van der Waals surface area contributed by atoms with Gasteiger partial charge in [0.1, 0.15) is 11.6 Å². The number of Topliss-reactive ketones (excluding diaryl/α,β-unsaturated/α-hetero) is 1. The number of benzene rings is 2. The molecular weight excluding hydrogens is 337 g/mol. The number of allylic oxidation sites excluding steroid dienone is 1. The molecule has 0 aromatic heterocycles. The van der Waals surface area contributed by atoms with Crippen LogP contribution in [0.3, 0.4) is 0 Å². The van der Waals surface area contributed by atoms with E-state index >= 15 is 0 Å². The monoisotopic (exact) mass is 347 g/mol. The number of aromatic hydroxyl groups is 1. The molecule has 0 unspecified atom stereocenters. The lowest BCUT2D eigenvalue weighted by Crippen LogP contribution is -2.02. The molecule has 0 atom stereocenters.